The van der Waals surface area contributed by atoms with Gasteiger partial charge in [-0.3, -0.25) is 24.6 Å². The average molecular weight is 381 g/mol. The quantitative estimate of drug-likeness (QED) is 0.416. The highest BCUT2D eigenvalue weighted by molar-refractivity contribution is 6.36. The van der Waals surface area contributed by atoms with Crippen LogP contribution in [0.2, 0.25) is 0 Å². The molecule has 0 fully saturated rings. The van der Waals surface area contributed by atoms with Crippen LogP contribution in [0.3, 0.4) is 0 Å². The normalized spacial score (nSPS) is 14.0. The number of carbonyl (C=O) groups is 2. The van der Waals surface area contributed by atoms with Crippen LogP contribution < -0.4 is 4.90 Å². The van der Waals surface area contributed by atoms with E-state index < -0.39 is 16.7 Å². The molecule has 0 aromatic heterocycles. The van der Waals surface area contributed by atoms with Crippen LogP contribution in [-0.4, -0.2) is 48.9 Å². The summed E-state index contributed by atoms with van der Waals surface area (Å²) < 4.78 is 5.01. The van der Waals surface area contributed by atoms with Crippen LogP contribution in [0.5, 0.6) is 0 Å². The van der Waals surface area contributed by atoms with Gasteiger partial charge in [0.2, 0.25) is 0 Å². The van der Waals surface area contributed by atoms with Gasteiger partial charge in [-0.15, -0.1) is 0 Å². The van der Waals surface area contributed by atoms with Crippen LogP contribution in [0.15, 0.2) is 60.3 Å². The first-order chi connectivity index (χ1) is 13.5. The summed E-state index contributed by atoms with van der Waals surface area (Å²) in [5.74, 6) is -0.879. The Bertz CT molecular complexity index is 938. The third-order valence-corrected chi connectivity index (χ3v) is 4.51. The number of non-ortho nitro benzene ring substituents is 1. The summed E-state index contributed by atoms with van der Waals surface area (Å²) in [6.45, 7) is 0.337. The van der Waals surface area contributed by atoms with Crippen molar-refractivity contribution in [1.29, 1.82) is 0 Å². The summed E-state index contributed by atoms with van der Waals surface area (Å²) in [5.41, 5.74) is 1.53. The molecule has 2 aromatic carbocycles. The molecule has 0 aliphatic carbocycles. The molecule has 0 saturated carbocycles. The number of nitrogens with zero attached hydrogens (tertiary/aromatic N) is 3. The number of nitro groups is 1. The molecule has 28 heavy (non-hydrogen) atoms. The lowest BCUT2D eigenvalue weighted by molar-refractivity contribution is -0.384. The van der Waals surface area contributed by atoms with Gasteiger partial charge in [0.25, 0.3) is 17.5 Å². The Morgan fingerprint density at radius 3 is 2.25 bits per heavy atom. The van der Waals surface area contributed by atoms with Gasteiger partial charge in [-0.1, -0.05) is 18.2 Å². The second-order valence-corrected chi connectivity index (χ2v) is 6.18. The van der Waals surface area contributed by atoms with Gasteiger partial charge in [-0.25, -0.2) is 0 Å². The smallest absolute Gasteiger partial charge is 0.278 e. The molecule has 3 rings (SSSR count). The van der Waals surface area contributed by atoms with Crippen molar-refractivity contribution in [2.24, 2.45) is 0 Å². The van der Waals surface area contributed by atoms with Crippen LogP contribution >= 0.6 is 0 Å². The average Bonchev–Trinajstić information content (AvgIpc) is 2.96. The molecule has 2 amide bonds. The maximum Gasteiger partial charge on any atom is 0.278 e. The molecule has 0 atom stereocenters. The third-order valence-electron chi connectivity index (χ3n) is 4.51. The number of rotatable bonds is 7. The van der Waals surface area contributed by atoms with Gasteiger partial charge in [0, 0.05) is 32.0 Å². The van der Waals surface area contributed by atoms with Crippen molar-refractivity contribution >= 4 is 28.8 Å². The number of carbonyl (C=O) groups excluding carboxylic acids is 2. The van der Waals surface area contributed by atoms with Crippen LogP contribution in [0.1, 0.15) is 5.56 Å². The summed E-state index contributed by atoms with van der Waals surface area (Å²) in [7, 11) is 3.20. The standard InChI is InChI=1S/C20H19N3O5/c1-21(15-6-4-3-5-7-15)18-17(14-8-10-16(11-9-14)23(26)27)19(24)22(20(18)25)12-13-28-2/h3-11H,12-13H2,1-2H3. The first-order valence-electron chi connectivity index (χ1n) is 8.58. The van der Waals surface area contributed by atoms with Gasteiger partial charge in [0.05, 0.1) is 23.6 Å². The molecule has 0 radical (unpaired) electrons. The number of amides is 2. The Morgan fingerprint density at radius 2 is 1.68 bits per heavy atom. The maximum absolute atomic E-state index is 13.0. The van der Waals surface area contributed by atoms with Crippen molar-refractivity contribution < 1.29 is 19.2 Å². The molecule has 0 spiro atoms. The first-order valence-corrected chi connectivity index (χ1v) is 8.58. The van der Waals surface area contributed by atoms with Crippen molar-refractivity contribution in [3.8, 4) is 0 Å². The fourth-order valence-corrected chi connectivity index (χ4v) is 3.05. The van der Waals surface area contributed by atoms with Gasteiger partial charge in [-0.2, -0.15) is 0 Å². The van der Waals surface area contributed by atoms with Gasteiger partial charge in [0.1, 0.15) is 5.70 Å². The van der Waals surface area contributed by atoms with Crippen LogP contribution in [0.4, 0.5) is 11.4 Å². The summed E-state index contributed by atoms with van der Waals surface area (Å²) in [5, 5.41) is 10.9. The molecule has 8 heteroatoms. The SMILES string of the molecule is COCCN1C(=O)C(c2ccc([N+](=O)[O-])cc2)=C(N(C)c2ccccc2)C1=O. The van der Waals surface area contributed by atoms with E-state index in [0.29, 0.717) is 5.56 Å². The molecule has 1 aliphatic rings. The minimum absolute atomic E-state index is 0.0877. The summed E-state index contributed by atoms with van der Waals surface area (Å²) >= 11 is 0. The Balaban J connectivity index is 2.10. The number of nitro benzene ring substituents is 1. The first kappa shape index (κ1) is 19.2. The Kier molecular flexibility index (Phi) is 5.51. The van der Waals surface area contributed by atoms with Gasteiger partial charge in [-0.05, 0) is 29.8 Å². The molecule has 1 heterocycles. The van der Waals surface area contributed by atoms with Gasteiger partial charge >= 0.3 is 0 Å². The third kappa shape index (κ3) is 3.49. The van der Waals surface area contributed by atoms with E-state index >= 15 is 0 Å². The van der Waals surface area contributed by atoms with E-state index in [1.807, 2.05) is 30.3 Å². The predicted molar refractivity (Wildman–Crippen MR) is 103 cm³/mol. The molecule has 0 saturated heterocycles. The lowest BCUT2D eigenvalue weighted by Crippen LogP contribution is -2.36. The fraction of sp³-hybridized carbons (Fsp3) is 0.200. The highest BCUT2D eigenvalue weighted by atomic mass is 16.6. The topological polar surface area (TPSA) is 93.0 Å². The van der Waals surface area contributed by atoms with E-state index in [4.69, 9.17) is 4.74 Å². The number of hydrogen-bond acceptors (Lipinski definition) is 6. The number of methoxy groups -OCH3 is 1. The van der Waals surface area contributed by atoms with E-state index in [2.05, 4.69) is 0 Å². The van der Waals surface area contributed by atoms with Gasteiger partial charge in [0.15, 0.2) is 0 Å². The summed E-state index contributed by atoms with van der Waals surface area (Å²) in [4.78, 5) is 39.3. The van der Waals surface area contributed by atoms with Crippen molar-refractivity contribution in [1.82, 2.24) is 4.90 Å². The number of hydrogen-bond donors (Lipinski definition) is 0. The lowest BCUT2D eigenvalue weighted by Gasteiger charge is -2.21. The number of para-hydroxylation sites is 1. The number of anilines is 1. The molecular weight excluding hydrogens is 362 g/mol. The zero-order valence-corrected chi connectivity index (χ0v) is 15.5. The van der Waals surface area contributed by atoms with Crippen molar-refractivity contribution in [3.63, 3.8) is 0 Å². The molecular formula is C20H19N3O5. The molecule has 2 aromatic rings. The fourth-order valence-electron chi connectivity index (χ4n) is 3.05. The highest BCUT2D eigenvalue weighted by Crippen LogP contribution is 2.33. The van der Waals surface area contributed by atoms with E-state index in [1.165, 1.54) is 31.4 Å². The van der Waals surface area contributed by atoms with E-state index in [0.717, 1.165) is 10.6 Å². The monoisotopic (exact) mass is 381 g/mol. The highest BCUT2D eigenvalue weighted by Gasteiger charge is 2.40. The predicted octanol–water partition coefficient (Wildman–Crippen LogP) is 2.46. The number of likely N-dealkylation sites (N-methyl/N-ethyl adjacent to an activating group) is 1. The summed E-state index contributed by atoms with van der Waals surface area (Å²) in [6.07, 6.45) is 0. The molecule has 1 aliphatic heterocycles. The maximum atomic E-state index is 13.0. The second-order valence-electron chi connectivity index (χ2n) is 6.18. The van der Waals surface area contributed by atoms with Crippen LogP contribution in [0.25, 0.3) is 5.57 Å². The molecule has 0 N–H and O–H groups in total. The Hall–Kier alpha value is -3.52. The zero-order chi connectivity index (χ0) is 20.3. The molecule has 0 unspecified atom stereocenters. The van der Waals surface area contributed by atoms with Crippen molar-refractivity contribution in [2.75, 3.05) is 32.2 Å². The number of ether oxygens (including phenoxy) is 1. The molecule has 8 nitrogen and oxygen atoms in total. The summed E-state index contributed by atoms with van der Waals surface area (Å²) in [6, 6.07) is 14.8. The minimum Gasteiger partial charge on any atom is -0.383 e. The zero-order valence-electron chi connectivity index (χ0n) is 15.5. The molecule has 144 valence electrons. The van der Waals surface area contributed by atoms with Crippen LogP contribution in [0, 0.1) is 10.1 Å². The largest absolute Gasteiger partial charge is 0.383 e. The minimum atomic E-state index is -0.512. The second kappa shape index (κ2) is 8.01. The van der Waals surface area contributed by atoms with Crippen LogP contribution in [-0.2, 0) is 14.3 Å². The Labute approximate surface area is 161 Å². The van der Waals surface area contributed by atoms with E-state index in [-0.39, 0.29) is 30.1 Å². The number of benzene rings is 2. The van der Waals surface area contributed by atoms with Gasteiger partial charge < -0.3 is 9.64 Å². The van der Waals surface area contributed by atoms with Crippen molar-refractivity contribution in [2.45, 2.75) is 0 Å². The Morgan fingerprint density at radius 1 is 1.04 bits per heavy atom. The molecule has 0 bridgehead atoms. The van der Waals surface area contributed by atoms with E-state index in [9.17, 15) is 19.7 Å². The van der Waals surface area contributed by atoms with Crippen molar-refractivity contribution in [3.05, 3.63) is 76.0 Å². The van der Waals surface area contributed by atoms with E-state index in [1.54, 1.807) is 11.9 Å². The number of imide groups is 1. The lowest BCUT2D eigenvalue weighted by atomic mass is 10.0.